The molecule has 1 heteroatoms. The molecule has 0 aliphatic heterocycles. The molecule has 1 rings (SSSR count). The smallest absolute Gasteiger partial charge is 0.0135 e. The Hall–Kier alpha value is -0.820. The van der Waals surface area contributed by atoms with Crippen LogP contribution in [0.3, 0.4) is 0 Å². The molecule has 0 unspecified atom stereocenters. The zero-order valence-electron chi connectivity index (χ0n) is 10.5. The van der Waals surface area contributed by atoms with E-state index >= 15 is 0 Å². The van der Waals surface area contributed by atoms with Crippen LogP contribution in [0.15, 0.2) is 47.0 Å². The van der Waals surface area contributed by atoms with Gasteiger partial charge in [-0.15, -0.1) is 0 Å². The molecular weight excluding hydrogens is 272 g/mol. The topological polar surface area (TPSA) is 0 Å². The van der Waals surface area contributed by atoms with Gasteiger partial charge in [0.1, 0.15) is 0 Å². The Morgan fingerprint density at radius 2 is 1.88 bits per heavy atom. The zero-order valence-corrected chi connectivity index (χ0v) is 12.1. The largest absolute Gasteiger partial charge is 0.0703 e. The zero-order chi connectivity index (χ0) is 12.3. The first-order valence-corrected chi connectivity index (χ1v) is 7.21. The van der Waals surface area contributed by atoms with E-state index in [0.717, 1.165) is 0 Å². The van der Waals surface area contributed by atoms with Gasteiger partial charge >= 0.3 is 0 Å². The number of hydrogen-bond donors (Lipinski definition) is 0. The predicted molar refractivity (Wildman–Crippen MR) is 81.2 cm³/mol. The summed E-state index contributed by atoms with van der Waals surface area (Å²) >= 11 is 3.58. The molecule has 0 heterocycles. The monoisotopic (exact) mass is 292 g/mol. The van der Waals surface area contributed by atoms with E-state index in [4.69, 9.17) is 0 Å². The molecule has 0 saturated heterocycles. The van der Waals surface area contributed by atoms with E-state index in [-0.39, 0.29) is 0 Å². The fourth-order valence-corrected chi connectivity index (χ4v) is 1.98. The van der Waals surface area contributed by atoms with Crippen LogP contribution in [0, 0.1) is 0 Å². The third-order valence-electron chi connectivity index (χ3n) is 2.63. The molecular formula is C16H21Br. The molecule has 1 aromatic rings. The van der Waals surface area contributed by atoms with Crippen molar-refractivity contribution in [3.8, 4) is 0 Å². The summed E-state index contributed by atoms with van der Waals surface area (Å²) in [5.41, 5.74) is 1.24. The van der Waals surface area contributed by atoms with Crippen molar-refractivity contribution in [3.63, 3.8) is 0 Å². The van der Waals surface area contributed by atoms with Gasteiger partial charge in [0.05, 0.1) is 0 Å². The first kappa shape index (κ1) is 14.2. The van der Waals surface area contributed by atoms with Crippen LogP contribution in [0.4, 0.5) is 0 Å². The fourth-order valence-electron chi connectivity index (χ4n) is 1.62. The second kappa shape index (κ2) is 9.23. The van der Waals surface area contributed by atoms with E-state index in [9.17, 15) is 0 Å². The Morgan fingerprint density at radius 3 is 2.59 bits per heavy atom. The van der Waals surface area contributed by atoms with Gasteiger partial charge in [-0.3, -0.25) is 0 Å². The van der Waals surface area contributed by atoms with E-state index in [0.29, 0.717) is 0 Å². The molecule has 0 aromatic heterocycles. The summed E-state index contributed by atoms with van der Waals surface area (Å²) < 4.78 is 1.18. The number of hydrogen-bond acceptors (Lipinski definition) is 0. The molecule has 0 bridgehead atoms. The second-order valence-electron chi connectivity index (χ2n) is 4.18. The predicted octanol–water partition coefficient (Wildman–Crippen LogP) is 5.95. The Labute approximate surface area is 114 Å². The standard InChI is InChI=1S/C16H21Br/c1-2-3-4-5-9-12-16(17)14-13-15-10-7-6-8-11-15/h6-8,10-14H,2-5,9H2,1H3/b14-13+,16-12-. The van der Waals surface area contributed by atoms with E-state index in [1.165, 1.54) is 42.1 Å². The van der Waals surface area contributed by atoms with Crippen LogP contribution in [0.25, 0.3) is 6.08 Å². The summed E-state index contributed by atoms with van der Waals surface area (Å²) in [6, 6.07) is 10.4. The van der Waals surface area contributed by atoms with Gasteiger partial charge in [0.15, 0.2) is 0 Å². The van der Waals surface area contributed by atoms with E-state index in [2.05, 4.69) is 65.3 Å². The van der Waals surface area contributed by atoms with Crippen molar-refractivity contribution in [2.24, 2.45) is 0 Å². The van der Waals surface area contributed by atoms with Crippen molar-refractivity contribution in [3.05, 3.63) is 52.5 Å². The van der Waals surface area contributed by atoms with Crippen LogP contribution in [0.2, 0.25) is 0 Å². The van der Waals surface area contributed by atoms with Gasteiger partial charge in [-0.05, 0) is 24.5 Å². The van der Waals surface area contributed by atoms with Crippen LogP contribution < -0.4 is 0 Å². The minimum atomic E-state index is 1.17. The number of rotatable bonds is 7. The van der Waals surface area contributed by atoms with E-state index in [1.54, 1.807) is 0 Å². The Balaban J connectivity index is 2.30. The molecule has 0 atom stereocenters. The van der Waals surface area contributed by atoms with Crippen molar-refractivity contribution < 1.29 is 0 Å². The first-order chi connectivity index (χ1) is 8.33. The normalized spacial score (nSPS) is 12.2. The van der Waals surface area contributed by atoms with Gasteiger partial charge in [-0.2, -0.15) is 0 Å². The average molecular weight is 293 g/mol. The van der Waals surface area contributed by atoms with Crippen molar-refractivity contribution in [2.75, 3.05) is 0 Å². The highest BCUT2D eigenvalue weighted by atomic mass is 79.9. The summed E-state index contributed by atoms with van der Waals surface area (Å²) in [4.78, 5) is 0. The maximum Gasteiger partial charge on any atom is 0.0135 e. The molecule has 0 radical (unpaired) electrons. The molecule has 17 heavy (non-hydrogen) atoms. The number of unbranched alkanes of at least 4 members (excludes halogenated alkanes) is 4. The maximum absolute atomic E-state index is 3.58. The third-order valence-corrected chi connectivity index (χ3v) is 3.22. The summed E-state index contributed by atoms with van der Waals surface area (Å²) in [7, 11) is 0. The number of halogens is 1. The second-order valence-corrected chi connectivity index (χ2v) is 5.10. The van der Waals surface area contributed by atoms with Crippen LogP contribution >= 0.6 is 15.9 Å². The molecule has 0 N–H and O–H groups in total. The molecule has 92 valence electrons. The van der Waals surface area contributed by atoms with Gasteiger partial charge in [-0.1, -0.05) is 84.6 Å². The molecule has 1 aromatic carbocycles. The van der Waals surface area contributed by atoms with Gasteiger partial charge in [0.2, 0.25) is 0 Å². The highest BCUT2D eigenvalue weighted by molar-refractivity contribution is 9.11. The Kier molecular flexibility index (Phi) is 7.74. The lowest BCUT2D eigenvalue weighted by Crippen LogP contribution is -1.75. The minimum absolute atomic E-state index is 1.17. The summed E-state index contributed by atoms with van der Waals surface area (Å²) in [6.07, 6.45) is 13.0. The van der Waals surface area contributed by atoms with Crippen LogP contribution in [0.5, 0.6) is 0 Å². The molecule has 0 aliphatic rings. The van der Waals surface area contributed by atoms with E-state index < -0.39 is 0 Å². The molecule has 0 fully saturated rings. The Morgan fingerprint density at radius 1 is 1.12 bits per heavy atom. The summed E-state index contributed by atoms with van der Waals surface area (Å²) in [5, 5.41) is 0. The lowest BCUT2D eigenvalue weighted by atomic mass is 10.1. The van der Waals surface area contributed by atoms with Crippen molar-refractivity contribution >= 4 is 22.0 Å². The molecule has 0 spiro atoms. The third kappa shape index (κ3) is 7.17. The van der Waals surface area contributed by atoms with Gasteiger partial charge in [0.25, 0.3) is 0 Å². The SMILES string of the molecule is CCCCCC/C=C(Br)/C=C/c1ccccc1. The molecule has 0 aliphatic carbocycles. The van der Waals surface area contributed by atoms with Crippen LogP contribution in [-0.2, 0) is 0 Å². The number of allylic oxidation sites excluding steroid dienone is 3. The Bertz CT molecular complexity index is 349. The minimum Gasteiger partial charge on any atom is -0.0703 e. The molecule has 0 amide bonds. The van der Waals surface area contributed by atoms with Crippen molar-refractivity contribution in [2.45, 2.75) is 39.0 Å². The first-order valence-electron chi connectivity index (χ1n) is 6.41. The maximum atomic E-state index is 3.58. The fraction of sp³-hybridized carbons (Fsp3) is 0.375. The highest BCUT2D eigenvalue weighted by Gasteiger charge is 1.88. The van der Waals surface area contributed by atoms with Gasteiger partial charge in [-0.25, -0.2) is 0 Å². The van der Waals surface area contributed by atoms with Gasteiger partial charge < -0.3 is 0 Å². The highest BCUT2D eigenvalue weighted by Crippen LogP contribution is 2.13. The van der Waals surface area contributed by atoms with Crippen LogP contribution in [0.1, 0.15) is 44.6 Å². The summed E-state index contributed by atoms with van der Waals surface area (Å²) in [5.74, 6) is 0. The summed E-state index contributed by atoms with van der Waals surface area (Å²) in [6.45, 7) is 2.24. The van der Waals surface area contributed by atoms with Crippen LogP contribution in [-0.4, -0.2) is 0 Å². The molecule has 0 saturated carbocycles. The lowest BCUT2D eigenvalue weighted by Gasteiger charge is -1.95. The quantitative estimate of drug-likeness (QED) is 0.430. The van der Waals surface area contributed by atoms with E-state index in [1.807, 2.05) is 6.07 Å². The lowest BCUT2D eigenvalue weighted by molar-refractivity contribution is 0.674. The number of benzene rings is 1. The molecule has 0 nitrogen and oxygen atoms in total. The van der Waals surface area contributed by atoms with Gasteiger partial charge in [0, 0.05) is 4.48 Å². The van der Waals surface area contributed by atoms with Crippen molar-refractivity contribution in [1.82, 2.24) is 0 Å². The average Bonchev–Trinajstić information content (AvgIpc) is 2.37. The van der Waals surface area contributed by atoms with Crippen molar-refractivity contribution in [1.29, 1.82) is 0 Å².